The standard InChI is InChI=1S/C30H48O14S.Na/c31-45(32,33)44-26-24-42-22-20-40-18-16-38-14-12-36-10-8-34-7-9-35-11-13-37-15-17-39-19-21-41-23-25-43-30-6-5-28-3-1-2-4-29(28)27-30;/h1-6,27H,7-26H2,(H,31,32,33);/q;+1/p-1. The fourth-order valence-corrected chi connectivity index (χ4v) is 3.80. The maximum atomic E-state index is 10.2. The Balaban J connectivity index is 0.0000106. The van der Waals surface area contributed by atoms with Crippen LogP contribution in [0.2, 0.25) is 0 Å². The molecule has 0 heterocycles. The third kappa shape index (κ3) is 26.0. The van der Waals surface area contributed by atoms with Gasteiger partial charge in [0.2, 0.25) is 10.4 Å². The van der Waals surface area contributed by atoms with Crippen LogP contribution in [0.5, 0.6) is 5.75 Å². The normalized spacial score (nSPS) is 11.6. The van der Waals surface area contributed by atoms with E-state index in [1.807, 2.05) is 30.3 Å². The first kappa shape index (κ1) is 43.0. The molecule has 14 nitrogen and oxygen atoms in total. The minimum Gasteiger partial charge on any atom is -0.726 e. The van der Waals surface area contributed by atoms with Crippen molar-refractivity contribution in [1.29, 1.82) is 0 Å². The average Bonchev–Trinajstić information content (AvgIpc) is 3.03. The largest absolute Gasteiger partial charge is 1.00 e. The van der Waals surface area contributed by atoms with E-state index in [0.29, 0.717) is 112 Å². The number of hydrogen-bond acceptors (Lipinski definition) is 14. The number of hydrogen-bond donors (Lipinski definition) is 0. The van der Waals surface area contributed by atoms with E-state index in [4.69, 9.17) is 47.4 Å². The molecule has 0 aliphatic heterocycles. The van der Waals surface area contributed by atoms with Crippen LogP contribution in [0.4, 0.5) is 0 Å². The second-order valence-electron chi connectivity index (χ2n) is 9.10. The molecular weight excluding hydrogens is 639 g/mol. The summed E-state index contributed by atoms with van der Waals surface area (Å²) in [4.78, 5) is 0. The van der Waals surface area contributed by atoms with Crippen molar-refractivity contribution in [3.05, 3.63) is 42.5 Å². The Hall–Kier alpha value is -0.990. The van der Waals surface area contributed by atoms with Crippen molar-refractivity contribution in [2.24, 2.45) is 0 Å². The van der Waals surface area contributed by atoms with Crippen molar-refractivity contribution in [2.75, 3.05) is 132 Å². The molecule has 0 fully saturated rings. The molecule has 0 radical (unpaired) electrons. The van der Waals surface area contributed by atoms with Gasteiger partial charge in [0.1, 0.15) is 12.4 Å². The fourth-order valence-electron chi connectivity index (χ4n) is 3.53. The average molecular weight is 687 g/mol. The first-order valence-corrected chi connectivity index (χ1v) is 16.3. The first-order valence-electron chi connectivity index (χ1n) is 15.0. The molecule has 0 unspecified atom stereocenters. The molecule has 0 spiro atoms. The maximum Gasteiger partial charge on any atom is 1.00 e. The Labute approximate surface area is 294 Å². The molecule has 16 heteroatoms. The summed E-state index contributed by atoms with van der Waals surface area (Å²) in [5, 5.41) is 2.34. The Morgan fingerprint density at radius 3 is 1.13 bits per heavy atom. The van der Waals surface area contributed by atoms with Crippen LogP contribution in [-0.4, -0.2) is 145 Å². The zero-order chi connectivity index (χ0) is 32.1. The van der Waals surface area contributed by atoms with Crippen molar-refractivity contribution in [3.63, 3.8) is 0 Å². The summed E-state index contributed by atoms with van der Waals surface area (Å²) in [6, 6.07) is 14.2. The molecule has 0 N–H and O–H groups in total. The summed E-state index contributed by atoms with van der Waals surface area (Å²) in [6.07, 6.45) is 0. The number of rotatable bonds is 32. The van der Waals surface area contributed by atoms with E-state index >= 15 is 0 Å². The van der Waals surface area contributed by atoms with E-state index in [1.54, 1.807) is 0 Å². The van der Waals surface area contributed by atoms with Crippen molar-refractivity contribution in [1.82, 2.24) is 0 Å². The van der Waals surface area contributed by atoms with Crippen molar-refractivity contribution >= 4 is 21.2 Å². The molecule has 0 saturated carbocycles. The third-order valence-electron chi connectivity index (χ3n) is 5.65. The quantitative estimate of drug-likeness (QED) is 0.0393. The Morgan fingerprint density at radius 2 is 0.761 bits per heavy atom. The minimum absolute atomic E-state index is 0. The van der Waals surface area contributed by atoms with Gasteiger partial charge in [0.15, 0.2) is 0 Å². The zero-order valence-corrected chi connectivity index (χ0v) is 29.6. The molecule has 0 aromatic heterocycles. The van der Waals surface area contributed by atoms with E-state index in [0.717, 1.165) is 11.1 Å². The summed E-state index contributed by atoms with van der Waals surface area (Å²) in [5.41, 5.74) is 0. The van der Waals surface area contributed by atoms with Gasteiger partial charge in [0.25, 0.3) is 0 Å². The van der Waals surface area contributed by atoms with Crippen LogP contribution >= 0.6 is 0 Å². The fraction of sp³-hybridized carbons (Fsp3) is 0.667. The van der Waals surface area contributed by atoms with E-state index in [9.17, 15) is 13.0 Å². The summed E-state index contributed by atoms with van der Waals surface area (Å²) >= 11 is 0. The van der Waals surface area contributed by atoms with E-state index < -0.39 is 10.4 Å². The van der Waals surface area contributed by atoms with Crippen molar-refractivity contribution < 1.29 is 94.1 Å². The van der Waals surface area contributed by atoms with Gasteiger partial charge in [-0.1, -0.05) is 30.3 Å². The molecular formula is C30H47NaO14S. The van der Waals surface area contributed by atoms with Crippen molar-refractivity contribution in [3.8, 4) is 5.75 Å². The molecule has 258 valence electrons. The molecule has 2 aromatic carbocycles. The van der Waals surface area contributed by atoms with Gasteiger partial charge >= 0.3 is 29.6 Å². The van der Waals surface area contributed by atoms with E-state index in [1.165, 1.54) is 5.39 Å². The van der Waals surface area contributed by atoms with Gasteiger partial charge < -0.3 is 51.9 Å². The van der Waals surface area contributed by atoms with Gasteiger partial charge in [-0.25, -0.2) is 8.42 Å². The molecule has 46 heavy (non-hydrogen) atoms. The van der Waals surface area contributed by atoms with Crippen LogP contribution in [-0.2, 0) is 57.2 Å². The second kappa shape index (κ2) is 30.1. The van der Waals surface area contributed by atoms with Crippen LogP contribution in [0.25, 0.3) is 10.8 Å². The molecule has 0 atom stereocenters. The second-order valence-corrected chi connectivity index (χ2v) is 10.2. The van der Waals surface area contributed by atoms with Crippen molar-refractivity contribution in [2.45, 2.75) is 0 Å². The van der Waals surface area contributed by atoms with Gasteiger partial charge in [-0.05, 0) is 22.9 Å². The minimum atomic E-state index is -4.67. The van der Waals surface area contributed by atoms with Gasteiger partial charge in [-0.3, -0.25) is 4.18 Å². The Morgan fingerprint density at radius 1 is 0.435 bits per heavy atom. The van der Waals surface area contributed by atoms with Crippen LogP contribution in [0.3, 0.4) is 0 Å². The maximum absolute atomic E-state index is 10.2. The monoisotopic (exact) mass is 686 g/mol. The van der Waals surface area contributed by atoms with Crippen LogP contribution in [0.1, 0.15) is 0 Å². The van der Waals surface area contributed by atoms with E-state index in [-0.39, 0.29) is 49.4 Å². The van der Waals surface area contributed by atoms with Gasteiger partial charge in [0.05, 0.1) is 126 Å². The number of ether oxygens (including phenoxy) is 10. The van der Waals surface area contributed by atoms with Gasteiger partial charge in [-0.2, -0.15) is 0 Å². The molecule has 0 saturated heterocycles. The predicted molar refractivity (Wildman–Crippen MR) is 162 cm³/mol. The van der Waals surface area contributed by atoms with Gasteiger partial charge in [0, 0.05) is 0 Å². The molecule has 0 bridgehead atoms. The molecule has 0 aliphatic carbocycles. The van der Waals surface area contributed by atoms with Crippen LogP contribution < -0.4 is 34.3 Å². The summed E-state index contributed by atoms with van der Waals surface area (Å²) in [5.74, 6) is 0.834. The first-order chi connectivity index (χ1) is 22.0. The van der Waals surface area contributed by atoms with E-state index in [2.05, 4.69) is 16.3 Å². The molecule has 2 aromatic rings. The summed E-state index contributed by atoms with van der Waals surface area (Å²) in [7, 11) is -4.67. The Kier molecular flexibility index (Phi) is 28.2. The molecule has 0 amide bonds. The Bertz CT molecular complexity index is 1080. The summed E-state index contributed by atoms with van der Waals surface area (Å²) in [6.45, 7) is 7.74. The third-order valence-corrected chi connectivity index (χ3v) is 6.10. The molecule has 0 aliphatic rings. The summed E-state index contributed by atoms with van der Waals surface area (Å²) < 4.78 is 89.0. The van der Waals surface area contributed by atoms with Crippen LogP contribution in [0.15, 0.2) is 42.5 Å². The SMILES string of the molecule is O=S(=O)([O-])OCCOCCOCCOCCOCCOCCOCCOCCOCCOCCOc1ccc2ccccc2c1.[Na+]. The van der Waals surface area contributed by atoms with Gasteiger partial charge in [-0.15, -0.1) is 0 Å². The topological polar surface area (TPSA) is 159 Å². The number of benzene rings is 2. The zero-order valence-electron chi connectivity index (χ0n) is 26.8. The predicted octanol–water partition coefficient (Wildman–Crippen LogP) is -1.15. The molecule has 2 rings (SSSR count). The van der Waals surface area contributed by atoms with Crippen LogP contribution in [0, 0.1) is 0 Å². The number of fused-ring (bicyclic) bond motifs is 1. The smallest absolute Gasteiger partial charge is 0.726 e.